The molecule has 0 bridgehead atoms. The molecule has 0 aliphatic heterocycles. The van der Waals surface area contributed by atoms with Gasteiger partial charge in [-0.3, -0.25) is 0 Å². The number of halogens is 1. The first-order chi connectivity index (χ1) is 10.1. The molecule has 0 spiro atoms. The second-order valence-electron chi connectivity index (χ2n) is 4.85. The Hall–Kier alpha value is -2.69. The van der Waals surface area contributed by atoms with E-state index < -0.39 is 11.8 Å². The van der Waals surface area contributed by atoms with Gasteiger partial charge in [-0.15, -0.1) is 0 Å². The lowest BCUT2D eigenvalue weighted by Gasteiger charge is -2.08. The summed E-state index contributed by atoms with van der Waals surface area (Å²) in [6.07, 6.45) is 0. The number of carbonyl (C=O) groups is 1. The molecular formula is C16H13FN2O2. The van der Waals surface area contributed by atoms with E-state index in [-0.39, 0.29) is 5.56 Å². The third kappa shape index (κ3) is 2.38. The smallest absolute Gasteiger partial charge is 0.335 e. The number of carboxylic acid groups (broad SMARTS) is 1. The lowest BCUT2D eigenvalue weighted by Crippen LogP contribution is -2.05. The monoisotopic (exact) mass is 284 g/mol. The minimum atomic E-state index is -1.13. The molecule has 3 rings (SSSR count). The third-order valence-corrected chi connectivity index (χ3v) is 3.47. The van der Waals surface area contributed by atoms with Crippen LogP contribution < -0.4 is 0 Å². The summed E-state index contributed by atoms with van der Waals surface area (Å²) < 4.78 is 15.9. The number of carboxylic acids is 1. The molecular weight excluding hydrogens is 271 g/mol. The molecule has 21 heavy (non-hydrogen) atoms. The van der Waals surface area contributed by atoms with Crippen molar-refractivity contribution in [1.82, 2.24) is 9.55 Å². The van der Waals surface area contributed by atoms with Crippen molar-refractivity contribution in [1.29, 1.82) is 0 Å². The van der Waals surface area contributed by atoms with Gasteiger partial charge in [0.05, 0.1) is 23.1 Å². The highest BCUT2D eigenvalue weighted by Gasteiger charge is 2.12. The van der Waals surface area contributed by atoms with Crippen LogP contribution in [0.4, 0.5) is 4.39 Å². The fraction of sp³-hybridized carbons (Fsp3) is 0.125. The number of imidazole rings is 1. The van der Waals surface area contributed by atoms with Gasteiger partial charge < -0.3 is 9.67 Å². The third-order valence-electron chi connectivity index (χ3n) is 3.47. The molecule has 0 radical (unpaired) electrons. The van der Waals surface area contributed by atoms with E-state index in [1.165, 1.54) is 12.1 Å². The molecule has 106 valence electrons. The van der Waals surface area contributed by atoms with E-state index in [2.05, 4.69) is 4.98 Å². The zero-order chi connectivity index (χ0) is 15.0. The van der Waals surface area contributed by atoms with Crippen molar-refractivity contribution in [2.24, 2.45) is 0 Å². The van der Waals surface area contributed by atoms with Gasteiger partial charge in [-0.1, -0.05) is 18.2 Å². The number of aromatic nitrogens is 2. The first-order valence-electron chi connectivity index (χ1n) is 6.50. The zero-order valence-corrected chi connectivity index (χ0v) is 11.4. The molecule has 4 nitrogen and oxygen atoms in total. The summed E-state index contributed by atoms with van der Waals surface area (Å²) in [5.41, 5.74) is 2.17. The number of fused-ring (bicyclic) bond motifs is 1. The van der Waals surface area contributed by atoms with Crippen molar-refractivity contribution < 1.29 is 14.3 Å². The van der Waals surface area contributed by atoms with Gasteiger partial charge in [0.1, 0.15) is 11.6 Å². The van der Waals surface area contributed by atoms with Crippen molar-refractivity contribution >= 4 is 17.0 Å². The Bertz CT molecular complexity index is 839. The summed E-state index contributed by atoms with van der Waals surface area (Å²) >= 11 is 0. The summed E-state index contributed by atoms with van der Waals surface area (Å²) in [7, 11) is 0. The van der Waals surface area contributed by atoms with Gasteiger partial charge in [0.2, 0.25) is 0 Å². The van der Waals surface area contributed by atoms with Crippen molar-refractivity contribution in [3.63, 3.8) is 0 Å². The number of aryl methyl sites for hydroxylation is 1. The molecule has 0 saturated carbocycles. The number of hydrogen-bond donors (Lipinski definition) is 1. The number of rotatable bonds is 3. The maximum absolute atomic E-state index is 14.0. The molecule has 0 saturated heterocycles. The second kappa shape index (κ2) is 5.01. The summed E-state index contributed by atoms with van der Waals surface area (Å²) in [5.74, 6) is -0.866. The zero-order valence-electron chi connectivity index (χ0n) is 11.4. The fourth-order valence-electron chi connectivity index (χ4n) is 2.37. The Kier molecular flexibility index (Phi) is 3.17. The molecule has 0 atom stereocenters. The molecule has 0 aliphatic carbocycles. The van der Waals surface area contributed by atoms with Crippen LogP contribution in [-0.2, 0) is 6.54 Å². The minimum absolute atomic E-state index is 0.0524. The maximum atomic E-state index is 14.0. The van der Waals surface area contributed by atoms with E-state index >= 15 is 0 Å². The van der Waals surface area contributed by atoms with Crippen LogP contribution in [0.5, 0.6) is 0 Å². The van der Waals surface area contributed by atoms with Gasteiger partial charge in [-0.25, -0.2) is 14.2 Å². The van der Waals surface area contributed by atoms with Crippen LogP contribution in [0.3, 0.4) is 0 Å². The van der Waals surface area contributed by atoms with Gasteiger partial charge in [-0.05, 0) is 31.2 Å². The lowest BCUT2D eigenvalue weighted by molar-refractivity contribution is 0.0696. The average Bonchev–Trinajstić information content (AvgIpc) is 2.77. The van der Waals surface area contributed by atoms with Gasteiger partial charge in [0.15, 0.2) is 0 Å². The van der Waals surface area contributed by atoms with Crippen molar-refractivity contribution in [2.45, 2.75) is 13.5 Å². The van der Waals surface area contributed by atoms with Gasteiger partial charge in [0.25, 0.3) is 0 Å². The highest BCUT2D eigenvalue weighted by Crippen LogP contribution is 2.19. The largest absolute Gasteiger partial charge is 0.478 e. The molecule has 3 aromatic rings. The normalized spacial score (nSPS) is 11.0. The first kappa shape index (κ1) is 13.3. The Balaban J connectivity index is 2.03. The molecule has 1 aromatic heterocycles. The highest BCUT2D eigenvalue weighted by atomic mass is 19.1. The van der Waals surface area contributed by atoms with Crippen LogP contribution in [0.2, 0.25) is 0 Å². The summed E-state index contributed by atoms with van der Waals surface area (Å²) in [6.45, 7) is 2.18. The molecule has 5 heteroatoms. The number of hydrogen-bond acceptors (Lipinski definition) is 2. The van der Waals surface area contributed by atoms with E-state index in [4.69, 9.17) is 5.11 Å². The van der Waals surface area contributed by atoms with Crippen LogP contribution >= 0.6 is 0 Å². The van der Waals surface area contributed by atoms with Crippen LogP contribution in [0.1, 0.15) is 21.7 Å². The van der Waals surface area contributed by atoms with E-state index in [0.29, 0.717) is 12.1 Å². The first-order valence-corrected chi connectivity index (χ1v) is 6.50. The minimum Gasteiger partial charge on any atom is -0.478 e. The van der Waals surface area contributed by atoms with E-state index in [9.17, 15) is 9.18 Å². The number of para-hydroxylation sites is 2. The van der Waals surface area contributed by atoms with Gasteiger partial charge in [0, 0.05) is 5.56 Å². The van der Waals surface area contributed by atoms with E-state index in [1.54, 1.807) is 0 Å². The predicted molar refractivity (Wildman–Crippen MR) is 76.9 cm³/mol. The Morgan fingerprint density at radius 1 is 1.29 bits per heavy atom. The van der Waals surface area contributed by atoms with Crippen molar-refractivity contribution in [3.8, 4) is 0 Å². The molecule has 0 fully saturated rings. The molecule has 1 heterocycles. The summed E-state index contributed by atoms with van der Waals surface area (Å²) in [5, 5.41) is 8.86. The Morgan fingerprint density at radius 3 is 2.76 bits per heavy atom. The summed E-state index contributed by atoms with van der Waals surface area (Å²) in [4.78, 5) is 15.3. The lowest BCUT2D eigenvalue weighted by atomic mass is 10.1. The van der Waals surface area contributed by atoms with Crippen LogP contribution in [0.15, 0.2) is 42.5 Å². The van der Waals surface area contributed by atoms with E-state index in [0.717, 1.165) is 22.9 Å². The predicted octanol–water partition coefficient (Wildman–Crippen LogP) is 3.23. The van der Waals surface area contributed by atoms with Gasteiger partial charge in [-0.2, -0.15) is 0 Å². The van der Waals surface area contributed by atoms with Crippen molar-refractivity contribution in [2.75, 3.05) is 0 Å². The maximum Gasteiger partial charge on any atom is 0.335 e. The molecule has 0 aliphatic rings. The fourth-order valence-corrected chi connectivity index (χ4v) is 2.37. The quantitative estimate of drug-likeness (QED) is 0.803. The van der Waals surface area contributed by atoms with Crippen LogP contribution in [0, 0.1) is 12.7 Å². The number of benzene rings is 2. The Morgan fingerprint density at radius 2 is 2.05 bits per heavy atom. The van der Waals surface area contributed by atoms with Crippen LogP contribution in [0.25, 0.3) is 11.0 Å². The molecule has 1 N–H and O–H groups in total. The number of nitrogens with zero attached hydrogens (tertiary/aromatic N) is 2. The molecule has 2 aromatic carbocycles. The summed E-state index contributed by atoms with van der Waals surface area (Å²) in [6, 6.07) is 11.6. The standard InChI is InChI=1S/C16H13FN2O2/c1-10-18-14-4-2-3-5-15(14)19(10)9-12-7-6-11(16(20)21)8-13(12)17/h2-8H,9H2,1H3,(H,20,21). The molecule has 0 unspecified atom stereocenters. The SMILES string of the molecule is Cc1nc2ccccc2n1Cc1ccc(C(=O)O)cc1F. The second-order valence-corrected chi connectivity index (χ2v) is 4.85. The molecule has 0 amide bonds. The van der Waals surface area contributed by atoms with E-state index in [1.807, 2.05) is 35.8 Å². The van der Waals surface area contributed by atoms with Crippen molar-refractivity contribution in [3.05, 3.63) is 65.2 Å². The van der Waals surface area contributed by atoms with Gasteiger partial charge >= 0.3 is 5.97 Å². The average molecular weight is 284 g/mol. The van der Waals surface area contributed by atoms with Crippen LogP contribution in [-0.4, -0.2) is 20.6 Å². The highest BCUT2D eigenvalue weighted by molar-refractivity contribution is 5.87. The topological polar surface area (TPSA) is 55.1 Å². The Labute approximate surface area is 120 Å². The number of aromatic carboxylic acids is 1.